The van der Waals surface area contributed by atoms with Gasteiger partial charge in [-0.15, -0.1) is 11.3 Å². The smallest absolute Gasteiger partial charge is 0.347 e. The van der Waals surface area contributed by atoms with E-state index in [0.29, 0.717) is 12.2 Å². The third kappa shape index (κ3) is 4.78. The lowest BCUT2D eigenvalue weighted by Crippen LogP contribution is -2.31. The Morgan fingerprint density at radius 1 is 0.973 bits per heavy atom. The standard InChI is InChI=1S/C32H29BrO3S/c1-5-22-18-23(15-16-26(22)36-27(32(34)35-4)17-21-11-7-6-8-12-21)29-24-13-9-10-14-25(24)30(33)31-28(29)19(2)20(3)37-31/h6-16,18,27H,5,17H2,1-4H3/t27-/m1/s1. The normalized spacial score (nSPS) is 12.1. The van der Waals surface area contributed by atoms with Crippen LogP contribution in [0.2, 0.25) is 0 Å². The van der Waals surface area contributed by atoms with Gasteiger partial charge in [0.15, 0.2) is 6.10 Å². The summed E-state index contributed by atoms with van der Waals surface area (Å²) in [5.74, 6) is 0.341. The van der Waals surface area contributed by atoms with Gasteiger partial charge >= 0.3 is 5.97 Å². The van der Waals surface area contributed by atoms with E-state index in [0.717, 1.165) is 27.6 Å². The number of carbonyl (C=O) groups is 1. The summed E-state index contributed by atoms with van der Waals surface area (Å²) in [6.45, 7) is 6.52. The molecule has 188 valence electrons. The molecule has 1 heterocycles. The molecule has 5 aromatic rings. The summed E-state index contributed by atoms with van der Waals surface area (Å²) < 4.78 is 13.8. The molecular formula is C32H29BrO3S. The summed E-state index contributed by atoms with van der Waals surface area (Å²) >= 11 is 5.73. The van der Waals surface area contributed by atoms with E-state index in [9.17, 15) is 4.79 Å². The minimum Gasteiger partial charge on any atom is -0.478 e. The van der Waals surface area contributed by atoms with E-state index in [4.69, 9.17) is 9.47 Å². The quantitative estimate of drug-likeness (QED) is 0.183. The van der Waals surface area contributed by atoms with Crippen molar-refractivity contribution in [2.24, 2.45) is 0 Å². The zero-order valence-electron chi connectivity index (χ0n) is 21.4. The van der Waals surface area contributed by atoms with Crippen LogP contribution in [0, 0.1) is 13.8 Å². The highest BCUT2D eigenvalue weighted by Crippen LogP contribution is 2.47. The number of esters is 1. The fourth-order valence-corrected chi connectivity index (χ4v) is 6.85. The van der Waals surface area contributed by atoms with Crippen molar-refractivity contribution in [2.45, 2.75) is 39.7 Å². The number of thiophene rings is 1. The van der Waals surface area contributed by atoms with E-state index in [1.807, 2.05) is 47.7 Å². The minimum atomic E-state index is -0.717. The SMILES string of the molecule is CCc1cc(-c2c3ccccc3c(Br)c3sc(C)c(C)c23)ccc1O[C@H](Cc1ccccc1)C(=O)OC. The maximum atomic E-state index is 12.6. The van der Waals surface area contributed by atoms with Gasteiger partial charge in [0.2, 0.25) is 0 Å². The van der Waals surface area contributed by atoms with Crippen LogP contribution >= 0.6 is 27.3 Å². The number of hydrogen-bond donors (Lipinski definition) is 0. The third-order valence-corrected chi connectivity index (χ3v) is 9.31. The van der Waals surface area contributed by atoms with Crippen LogP contribution in [-0.2, 0) is 22.4 Å². The molecule has 0 unspecified atom stereocenters. The summed E-state index contributed by atoms with van der Waals surface area (Å²) in [4.78, 5) is 13.9. The molecule has 1 atom stereocenters. The summed E-state index contributed by atoms with van der Waals surface area (Å²) in [6, 6.07) is 24.8. The van der Waals surface area contributed by atoms with Gasteiger partial charge in [-0.1, -0.05) is 67.6 Å². The van der Waals surface area contributed by atoms with Crippen molar-refractivity contribution in [1.82, 2.24) is 0 Å². The zero-order chi connectivity index (χ0) is 26.1. The van der Waals surface area contributed by atoms with Gasteiger partial charge < -0.3 is 9.47 Å². The number of methoxy groups -OCH3 is 1. The molecule has 0 fully saturated rings. The van der Waals surface area contributed by atoms with Gasteiger partial charge in [0.25, 0.3) is 0 Å². The van der Waals surface area contributed by atoms with Crippen molar-refractivity contribution in [3.8, 4) is 16.9 Å². The summed E-state index contributed by atoms with van der Waals surface area (Å²) in [7, 11) is 1.41. The van der Waals surface area contributed by atoms with Crippen molar-refractivity contribution >= 4 is 54.1 Å². The molecule has 0 bridgehead atoms. The molecule has 5 rings (SSSR count). The lowest BCUT2D eigenvalue weighted by atomic mass is 9.91. The Hall–Kier alpha value is -3.15. The first-order valence-electron chi connectivity index (χ1n) is 12.4. The first kappa shape index (κ1) is 25.5. The average molecular weight is 574 g/mol. The highest BCUT2D eigenvalue weighted by atomic mass is 79.9. The number of ether oxygens (including phenoxy) is 2. The van der Waals surface area contributed by atoms with Gasteiger partial charge in [-0.2, -0.15) is 0 Å². The van der Waals surface area contributed by atoms with Crippen molar-refractivity contribution in [2.75, 3.05) is 7.11 Å². The Morgan fingerprint density at radius 2 is 1.68 bits per heavy atom. The van der Waals surface area contributed by atoms with Crippen LogP contribution in [-0.4, -0.2) is 19.2 Å². The molecule has 4 aromatic carbocycles. The third-order valence-electron chi connectivity index (χ3n) is 6.99. The topological polar surface area (TPSA) is 35.5 Å². The fourth-order valence-electron chi connectivity index (χ4n) is 4.94. The molecule has 0 aliphatic heterocycles. The monoisotopic (exact) mass is 572 g/mol. The average Bonchev–Trinajstić information content (AvgIpc) is 3.23. The summed E-state index contributed by atoms with van der Waals surface area (Å²) in [5.41, 5.74) is 5.79. The molecule has 3 nitrogen and oxygen atoms in total. The van der Waals surface area contributed by atoms with E-state index < -0.39 is 6.10 Å². The molecule has 1 aromatic heterocycles. The Bertz CT molecular complexity index is 1600. The molecule has 0 N–H and O–H groups in total. The molecule has 5 heteroatoms. The molecule has 0 saturated heterocycles. The molecule has 0 aliphatic carbocycles. The first-order chi connectivity index (χ1) is 17.9. The first-order valence-corrected chi connectivity index (χ1v) is 14.1. The summed E-state index contributed by atoms with van der Waals surface area (Å²) in [5, 5.41) is 3.72. The number of hydrogen-bond acceptors (Lipinski definition) is 4. The van der Waals surface area contributed by atoms with E-state index >= 15 is 0 Å². The van der Waals surface area contributed by atoms with Crippen LogP contribution < -0.4 is 4.74 Å². The number of benzene rings is 4. The summed E-state index contributed by atoms with van der Waals surface area (Å²) in [6.07, 6.45) is 0.511. The van der Waals surface area contributed by atoms with Gasteiger partial charge in [-0.25, -0.2) is 4.79 Å². The molecule has 37 heavy (non-hydrogen) atoms. The second-order valence-corrected chi connectivity index (χ2v) is 11.2. The van der Waals surface area contributed by atoms with E-state index in [1.165, 1.54) is 44.0 Å². The molecular weight excluding hydrogens is 544 g/mol. The molecule has 0 aliphatic rings. The molecule has 0 spiro atoms. The van der Waals surface area contributed by atoms with Crippen molar-refractivity contribution in [1.29, 1.82) is 0 Å². The molecule has 0 saturated carbocycles. The molecule has 0 amide bonds. The number of aryl methyl sites for hydroxylation is 3. The van der Waals surface area contributed by atoms with Crippen molar-refractivity contribution in [3.63, 3.8) is 0 Å². The van der Waals surface area contributed by atoms with Gasteiger partial charge in [0.05, 0.1) is 11.8 Å². The Labute approximate surface area is 230 Å². The van der Waals surface area contributed by atoms with E-state index in [2.05, 4.69) is 73.1 Å². The number of fused-ring (bicyclic) bond motifs is 2. The van der Waals surface area contributed by atoms with Crippen LogP contribution in [0.5, 0.6) is 5.75 Å². The highest BCUT2D eigenvalue weighted by Gasteiger charge is 2.24. The lowest BCUT2D eigenvalue weighted by molar-refractivity contribution is -0.148. The van der Waals surface area contributed by atoms with Crippen molar-refractivity contribution < 1.29 is 14.3 Å². The Balaban J connectivity index is 1.62. The van der Waals surface area contributed by atoms with Crippen LogP contribution in [0.15, 0.2) is 77.3 Å². The van der Waals surface area contributed by atoms with Gasteiger partial charge in [0, 0.05) is 21.2 Å². The van der Waals surface area contributed by atoms with Gasteiger partial charge in [0.1, 0.15) is 5.75 Å². The Morgan fingerprint density at radius 3 is 2.38 bits per heavy atom. The van der Waals surface area contributed by atoms with E-state index in [-0.39, 0.29) is 5.97 Å². The molecule has 0 radical (unpaired) electrons. The minimum absolute atomic E-state index is 0.375. The number of halogens is 1. The maximum absolute atomic E-state index is 12.6. The largest absolute Gasteiger partial charge is 0.478 e. The second-order valence-electron chi connectivity index (χ2n) is 9.22. The van der Waals surface area contributed by atoms with Crippen LogP contribution in [0.4, 0.5) is 0 Å². The van der Waals surface area contributed by atoms with Gasteiger partial charge in [-0.3, -0.25) is 0 Å². The van der Waals surface area contributed by atoms with Crippen LogP contribution in [0.3, 0.4) is 0 Å². The second kappa shape index (κ2) is 10.7. The number of rotatable bonds is 7. The van der Waals surface area contributed by atoms with Crippen molar-refractivity contribution in [3.05, 3.63) is 98.8 Å². The predicted molar refractivity (Wildman–Crippen MR) is 158 cm³/mol. The van der Waals surface area contributed by atoms with Gasteiger partial charge in [-0.05, 0) is 86.9 Å². The maximum Gasteiger partial charge on any atom is 0.347 e. The predicted octanol–water partition coefficient (Wildman–Crippen LogP) is 8.83. The van der Waals surface area contributed by atoms with Crippen LogP contribution in [0.1, 0.15) is 28.5 Å². The lowest BCUT2D eigenvalue weighted by Gasteiger charge is -2.20. The fraction of sp³-hybridized carbons (Fsp3) is 0.219. The van der Waals surface area contributed by atoms with E-state index in [1.54, 1.807) is 0 Å². The highest BCUT2D eigenvalue weighted by molar-refractivity contribution is 9.11. The number of carbonyl (C=O) groups excluding carboxylic acids is 1. The van der Waals surface area contributed by atoms with Crippen LogP contribution in [0.25, 0.3) is 32.0 Å². The Kier molecular flexibility index (Phi) is 7.36. The zero-order valence-corrected chi connectivity index (χ0v) is 23.8.